The number of amides is 1. The van der Waals surface area contributed by atoms with E-state index >= 15 is 0 Å². The Kier molecular flexibility index (Phi) is 5.83. The number of piperidine rings is 1. The molecule has 1 saturated heterocycles. The summed E-state index contributed by atoms with van der Waals surface area (Å²) in [4.78, 5) is 12.1. The molecule has 1 amide bonds. The molecule has 1 aromatic rings. The van der Waals surface area contributed by atoms with Gasteiger partial charge in [0.25, 0.3) is 5.91 Å². The van der Waals surface area contributed by atoms with Gasteiger partial charge in [0.05, 0.1) is 5.75 Å². The summed E-state index contributed by atoms with van der Waals surface area (Å²) in [6.07, 6.45) is 1.90. The van der Waals surface area contributed by atoms with Crippen molar-refractivity contribution in [3.8, 4) is 0 Å². The zero-order chi connectivity index (χ0) is 16.2. The Morgan fingerprint density at radius 2 is 1.86 bits per heavy atom. The Balaban J connectivity index is 1.87. The molecule has 7 heteroatoms. The summed E-state index contributed by atoms with van der Waals surface area (Å²) in [7, 11) is -3.14. The van der Waals surface area contributed by atoms with Crippen LogP contribution in [0.25, 0.3) is 0 Å². The molecule has 22 heavy (non-hydrogen) atoms. The summed E-state index contributed by atoms with van der Waals surface area (Å²) < 4.78 is 25.5. The molecule has 0 radical (unpaired) electrons. The first-order chi connectivity index (χ1) is 10.4. The molecule has 1 aromatic carbocycles. The molecule has 5 nitrogen and oxygen atoms in total. The van der Waals surface area contributed by atoms with Gasteiger partial charge in [-0.05, 0) is 43.5 Å². The van der Waals surface area contributed by atoms with Crippen molar-refractivity contribution in [1.82, 2.24) is 9.62 Å². The summed E-state index contributed by atoms with van der Waals surface area (Å²) in [5, 5.41) is 3.54. The van der Waals surface area contributed by atoms with Crippen molar-refractivity contribution < 1.29 is 13.2 Å². The Bertz CT molecular complexity index is 608. The quantitative estimate of drug-likeness (QED) is 0.891. The second-order valence-electron chi connectivity index (χ2n) is 5.47. The van der Waals surface area contributed by atoms with Crippen LogP contribution < -0.4 is 5.32 Å². The topological polar surface area (TPSA) is 66.5 Å². The third kappa shape index (κ3) is 4.44. The Hall–Kier alpha value is -1.11. The molecule has 0 unspecified atom stereocenters. The summed E-state index contributed by atoms with van der Waals surface area (Å²) in [6, 6.07) is 6.72. The lowest BCUT2D eigenvalue weighted by Crippen LogP contribution is -2.47. The van der Waals surface area contributed by atoms with Crippen molar-refractivity contribution in [3.63, 3.8) is 0 Å². The van der Waals surface area contributed by atoms with Gasteiger partial charge in [0.1, 0.15) is 0 Å². The molecule has 0 saturated carbocycles. The second kappa shape index (κ2) is 7.44. The van der Waals surface area contributed by atoms with Gasteiger partial charge in [0.15, 0.2) is 0 Å². The minimum Gasteiger partial charge on any atom is -0.349 e. The molecule has 122 valence electrons. The van der Waals surface area contributed by atoms with Crippen LogP contribution in [-0.2, 0) is 10.0 Å². The lowest BCUT2D eigenvalue weighted by Gasteiger charge is -2.31. The smallest absolute Gasteiger partial charge is 0.251 e. The van der Waals surface area contributed by atoms with E-state index in [2.05, 4.69) is 5.32 Å². The number of sulfonamides is 1. The van der Waals surface area contributed by atoms with E-state index in [0.29, 0.717) is 42.9 Å². The van der Waals surface area contributed by atoms with Gasteiger partial charge in [-0.25, -0.2) is 12.7 Å². The Morgan fingerprint density at radius 1 is 1.27 bits per heavy atom. The van der Waals surface area contributed by atoms with Crippen LogP contribution in [0.2, 0.25) is 5.02 Å². The molecule has 1 heterocycles. The highest BCUT2D eigenvalue weighted by molar-refractivity contribution is 7.89. The van der Waals surface area contributed by atoms with Crippen LogP contribution in [0.15, 0.2) is 24.3 Å². The average molecular weight is 345 g/mol. The molecule has 1 aliphatic heterocycles. The van der Waals surface area contributed by atoms with Crippen molar-refractivity contribution >= 4 is 27.5 Å². The Morgan fingerprint density at radius 3 is 2.41 bits per heavy atom. The van der Waals surface area contributed by atoms with Gasteiger partial charge in [-0.1, -0.05) is 18.5 Å². The number of carbonyl (C=O) groups is 1. The van der Waals surface area contributed by atoms with Crippen molar-refractivity contribution in [1.29, 1.82) is 0 Å². The van der Waals surface area contributed by atoms with E-state index in [4.69, 9.17) is 11.6 Å². The fraction of sp³-hybridized carbons (Fsp3) is 0.533. The van der Waals surface area contributed by atoms with Crippen LogP contribution >= 0.6 is 11.6 Å². The van der Waals surface area contributed by atoms with Crippen LogP contribution in [0.5, 0.6) is 0 Å². The predicted octanol–water partition coefficient (Wildman–Crippen LogP) is 2.27. The molecule has 0 aromatic heterocycles. The summed E-state index contributed by atoms with van der Waals surface area (Å²) in [5.74, 6) is 0.0426. The van der Waals surface area contributed by atoms with Crippen LogP contribution in [0.3, 0.4) is 0 Å². The van der Waals surface area contributed by atoms with Crippen LogP contribution in [0, 0.1) is 0 Å². The molecule has 0 spiro atoms. The monoisotopic (exact) mass is 344 g/mol. The Labute approximate surface area is 136 Å². The van der Waals surface area contributed by atoms with Crippen LogP contribution in [0.1, 0.15) is 36.5 Å². The lowest BCUT2D eigenvalue weighted by atomic mass is 10.1. The van der Waals surface area contributed by atoms with E-state index in [1.54, 1.807) is 24.3 Å². The highest BCUT2D eigenvalue weighted by Gasteiger charge is 2.28. The number of halogens is 1. The second-order valence-corrected chi connectivity index (χ2v) is 7.99. The first-order valence-electron chi connectivity index (χ1n) is 7.46. The van der Waals surface area contributed by atoms with Gasteiger partial charge < -0.3 is 5.32 Å². The highest BCUT2D eigenvalue weighted by atomic mass is 35.5. The first kappa shape index (κ1) is 17.2. The van der Waals surface area contributed by atoms with Crippen LogP contribution in [-0.4, -0.2) is 43.5 Å². The van der Waals surface area contributed by atoms with Gasteiger partial charge in [0.2, 0.25) is 10.0 Å². The van der Waals surface area contributed by atoms with E-state index in [1.165, 1.54) is 4.31 Å². The SMILES string of the molecule is CCCS(=O)(=O)N1CCC(NC(=O)c2ccc(Cl)cc2)CC1. The normalized spacial score (nSPS) is 17.4. The third-order valence-electron chi connectivity index (χ3n) is 3.75. The number of hydrogen-bond donors (Lipinski definition) is 1. The van der Waals surface area contributed by atoms with Gasteiger partial charge in [0, 0.05) is 29.7 Å². The zero-order valence-corrected chi connectivity index (χ0v) is 14.2. The maximum Gasteiger partial charge on any atom is 0.251 e. The minimum atomic E-state index is -3.14. The number of hydrogen-bond acceptors (Lipinski definition) is 3. The largest absolute Gasteiger partial charge is 0.349 e. The number of rotatable bonds is 5. The molecule has 1 N–H and O–H groups in total. The van der Waals surface area contributed by atoms with Gasteiger partial charge in [-0.3, -0.25) is 4.79 Å². The zero-order valence-electron chi connectivity index (χ0n) is 12.6. The van der Waals surface area contributed by atoms with Crippen molar-refractivity contribution in [2.75, 3.05) is 18.8 Å². The first-order valence-corrected chi connectivity index (χ1v) is 9.45. The number of carbonyl (C=O) groups excluding carboxylic acids is 1. The third-order valence-corrected chi connectivity index (χ3v) is 6.08. The van der Waals surface area contributed by atoms with Crippen LogP contribution in [0.4, 0.5) is 0 Å². The average Bonchev–Trinajstić information content (AvgIpc) is 2.48. The van der Waals surface area contributed by atoms with Gasteiger partial charge in [-0.15, -0.1) is 0 Å². The molecule has 0 atom stereocenters. The fourth-order valence-electron chi connectivity index (χ4n) is 2.54. The minimum absolute atomic E-state index is 0.0104. The van der Waals surface area contributed by atoms with E-state index < -0.39 is 10.0 Å². The maximum atomic E-state index is 12.1. The van der Waals surface area contributed by atoms with Gasteiger partial charge >= 0.3 is 0 Å². The van der Waals surface area contributed by atoms with E-state index in [0.717, 1.165) is 0 Å². The van der Waals surface area contributed by atoms with E-state index in [1.807, 2.05) is 6.92 Å². The molecular formula is C15H21ClN2O3S. The number of nitrogens with zero attached hydrogens (tertiary/aromatic N) is 1. The molecule has 1 fully saturated rings. The maximum absolute atomic E-state index is 12.1. The summed E-state index contributed by atoms with van der Waals surface area (Å²) >= 11 is 5.80. The standard InChI is InChI=1S/C15H21ClN2O3S/c1-2-11-22(20,21)18-9-7-14(8-10-18)17-15(19)12-3-5-13(16)6-4-12/h3-6,14H,2,7-11H2,1H3,(H,17,19). The molecule has 2 rings (SSSR count). The number of benzene rings is 1. The molecule has 0 bridgehead atoms. The fourth-order valence-corrected chi connectivity index (χ4v) is 4.20. The highest BCUT2D eigenvalue weighted by Crippen LogP contribution is 2.16. The number of nitrogens with one attached hydrogen (secondary N) is 1. The lowest BCUT2D eigenvalue weighted by molar-refractivity contribution is 0.0924. The van der Waals surface area contributed by atoms with Crippen molar-refractivity contribution in [3.05, 3.63) is 34.9 Å². The molecule has 0 aliphatic carbocycles. The van der Waals surface area contributed by atoms with Gasteiger partial charge in [-0.2, -0.15) is 0 Å². The molecular weight excluding hydrogens is 324 g/mol. The predicted molar refractivity (Wildman–Crippen MR) is 87.6 cm³/mol. The van der Waals surface area contributed by atoms with Crippen molar-refractivity contribution in [2.24, 2.45) is 0 Å². The van der Waals surface area contributed by atoms with Crippen molar-refractivity contribution in [2.45, 2.75) is 32.2 Å². The summed E-state index contributed by atoms with van der Waals surface area (Å²) in [5.41, 5.74) is 0.561. The van der Waals surface area contributed by atoms with E-state index in [9.17, 15) is 13.2 Å². The summed E-state index contributed by atoms with van der Waals surface area (Å²) in [6.45, 7) is 2.79. The van der Waals surface area contributed by atoms with E-state index in [-0.39, 0.29) is 17.7 Å². The molecule has 1 aliphatic rings.